The van der Waals surface area contributed by atoms with E-state index in [4.69, 9.17) is 5.73 Å². The number of carbonyl (C=O) groups excluding carboxylic acids is 2. The van der Waals surface area contributed by atoms with E-state index in [1.807, 2.05) is 24.6 Å². The van der Waals surface area contributed by atoms with Crippen LogP contribution < -0.4 is 11.1 Å². The van der Waals surface area contributed by atoms with Gasteiger partial charge in [0, 0.05) is 17.8 Å². The van der Waals surface area contributed by atoms with Crippen LogP contribution in [0.5, 0.6) is 0 Å². The molecule has 2 aliphatic rings. The van der Waals surface area contributed by atoms with E-state index < -0.39 is 11.9 Å². The lowest BCUT2D eigenvalue weighted by atomic mass is 9.89. The molecule has 3 rings (SSSR count). The van der Waals surface area contributed by atoms with Crippen LogP contribution in [0.4, 0.5) is 0 Å². The van der Waals surface area contributed by atoms with E-state index in [0.717, 1.165) is 30.6 Å². The summed E-state index contributed by atoms with van der Waals surface area (Å²) >= 11 is 0. The van der Waals surface area contributed by atoms with Gasteiger partial charge in [0.2, 0.25) is 5.91 Å². The number of hydrogen-bond donors (Lipinski definition) is 2. The highest BCUT2D eigenvalue weighted by Gasteiger charge is 2.28. The van der Waals surface area contributed by atoms with Crippen LogP contribution in [-0.4, -0.2) is 27.6 Å². The molecule has 1 saturated carbocycles. The van der Waals surface area contributed by atoms with E-state index in [2.05, 4.69) is 16.5 Å². The van der Waals surface area contributed by atoms with Gasteiger partial charge >= 0.3 is 0 Å². The van der Waals surface area contributed by atoms with Gasteiger partial charge in [-0.3, -0.25) is 14.3 Å². The molecule has 1 fully saturated rings. The second-order valence-corrected chi connectivity index (χ2v) is 7.93. The molecule has 0 aliphatic heterocycles. The monoisotopic (exact) mass is 358 g/mol. The lowest BCUT2D eigenvalue weighted by Gasteiger charge is -2.22. The fraction of sp³-hybridized carbons (Fsp3) is 0.650. The molecule has 1 aromatic rings. The molecular weight excluding hydrogens is 328 g/mol. The summed E-state index contributed by atoms with van der Waals surface area (Å²) in [6.07, 6.45) is 12.3. The zero-order valence-corrected chi connectivity index (χ0v) is 15.8. The predicted octanol–water partition coefficient (Wildman–Crippen LogP) is 2.66. The number of rotatable bonds is 6. The Morgan fingerprint density at radius 1 is 1.31 bits per heavy atom. The number of aromatic nitrogens is 2. The fourth-order valence-corrected chi connectivity index (χ4v) is 4.08. The molecule has 0 saturated heterocycles. The highest BCUT2D eigenvalue weighted by molar-refractivity contribution is 5.99. The van der Waals surface area contributed by atoms with E-state index >= 15 is 0 Å². The van der Waals surface area contributed by atoms with Crippen LogP contribution in [0, 0.1) is 11.8 Å². The van der Waals surface area contributed by atoms with E-state index in [9.17, 15) is 9.59 Å². The number of nitrogens with zero attached hydrogens (tertiary/aromatic N) is 2. The molecular formula is C20H30N4O2. The number of allylic oxidation sites excluding steroid dienone is 1. The molecule has 0 bridgehead atoms. The first-order valence-electron chi connectivity index (χ1n) is 9.83. The summed E-state index contributed by atoms with van der Waals surface area (Å²) < 4.78 is 2.04. The number of amides is 2. The fourth-order valence-electron chi connectivity index (χ4n) is 4.08. The van der Waals surface area contributed by atoms with Crippen molar-refractivity contribution in [2.45, 2.75) is 71.4 Å². The molecule has 0 radical (unpaired) electrons. The van der Waals surface area contributed by atoms with Crippen molar-refractivity contribution < 1.29 is 9.59 Å². The SMILES string of the molecule is CC(C)[C@H](NC(=O)c1nn(CC2CCCCC2)c2c1C=CCC2)C(N)=O. The largest absolute Gasteiger partial charge is 0.368 e. The Morgan fingerprint density at radius 2 is 2.04 bits per heavy atom. The third-order valence-electron chi connectivity index (χ3n) is 5.56. The van der Waals surface area contributed by atoms with Crippen LogP contribution in [0.25, 0.3) is 6.08 Å². The summed E-state index contributed by atoms with van der Waals surface area (Å²) in [5, 5.41) is 7.43. The van der Waals surface area contributed by atoms with Crippen LogP contribution in [0.15, 0.2) is 6.08 Å². The standard InChI is InChI=1S/C20H30N4O2/c1-13(2)17(19(21)25)22-20(26)18-15-10-6-7-11-16(15)24(23-18)12-14-8-4-3-5-9-14/h6,10,13-14,17H,3-5,7-9,11-12H2,1-2H3,(H2,21,25)(H,22,26)/t17-/m0/s1. The first-order chi connectivity index (χ1) is 12.5. The maximum atomic E-state index is 12.8. The normalized spacial score (nSPS) is 18.6. The van der Waals surface area contributed by atoms with Crippen LogP contribution in [0.1, 0.15) is 74.1 Å². The minimum Gasteiger partial charge on any atom is -0.368 e. The Kier molecular flexibility index (Phi) is 5.79. The van der Waals surface area contributed by atoms with Crippen molar-refractivity contribution in [3.63, 3.8) is 0 Å². The molecule has 0 unspecified atom stereocenters. The average Bonchev–Trinajstić information content (AvgIpc) is 2.99. The van der Waals surface area contributed by atoms with Crippen molar-refractivity contribution in [3.8, 4) is 0 Å². The van der Waals surface area contributed by atoms with Crippen molar-refractivity contribution in [1.82, 2.24) is 15.1 Å². The highest BCUT2D eigenvalue weighted by Crippen LogP contribution is 2.28. The maximum Gasteiger partial charge on any atom is 0.273 e. The molecule has 2 amide bonds. The summed E-state index contributed by atoms with van der Waals surface area (Å²) in [5.41, 5.74) is 7.89. The maximum absolute atomic E-state index is 12.8. The van der Waals surface area contributed by atoms with Crippen LogP contribution in [0.2, 0.25) is 0 Å². The Labute approximate surface area is 155 Å². The van der Waals surface area contributed by atoms with Crippen LogP contribution in [0.3, 0.4) is 0 Å². The number of primary amides is 1. The first-order valence-corrected chi connectivity index (χ1v) is 9.83. The molecule has 2 aliphatic carbocycles. The lowest BCUT2D eigenvalue weighted by Crippen LogP contribution is -2.47. The number of nitrogens with one attached hydrogen (secondary N) is 1. The van der Waals surface area contributed by atoms with Crippen LogP contribution in [-0.2, 0) is 17.8 Å². The predicted molar refractivity (Wildman–Crippen MR) is 101 cm³/mol. The molecule has 1 aromatic heterocycles. The molecule has 6 nitrogen and oxygen atoms in total. The van der Waals surface area contributed by atoms with E-state index in [1.54, 1.807) is 0 Å². The van der Waals surface area contributed by atoms with Gasteiger partial charge in [-0.15, -0.1) is 0 Å². The van der Waals surface area contributed by atoms with Crippen molar-refractivity contribution in [3.05, 3.63) is 23.0 Å². The first kappa shape index (κ1) is 18.7. The number of carbonyl (C=O) groups is 2. The Bertz CT molecular complexity index is 699. The third-order valence-corrected chi connectivity index (χ3v) is 5.56. The molecule has 0 aromatic carbocycles. The second kappa shape index (κ2) is 8.06. The van der Waals surface area contributed by atoms with Crippen molar-refractivity contribution in [1.29, 1.82) is 0 Å². The summed E-state index contributed by atoms with van der Waals surface area (Å²) in [6, 6.07) is -0.686. The van der Waals surface area contributed by atoms with Gasteiger partial charge in [-0.2, -0.15) is 5.10 Å². The lowest BCUT2D eigenvalue weighted by molar-refractivity contribution is -0.120. The van der Waals surface area contributed by atoms with E-state index in [1.165, 1.54) is 32.1 Å². The minimum absolute atomic E-state index is 0.0628. The van der Waals surface area contributed by atoms with Crippen molar-refractivity contribution >= 4 is 17.9 Å². The molecule has 3 N–H and O–H groups in total. The topological polar surface area (TPSA) is 90.0 Å². The minimum atomic E-state index is -0.686. The Balaban J connectivity index is 1.84. The van der Waals surface area contributed by atoms with Gasteiger partial charge in [-0.05, 0) is 37.5 Å². The number of hydrogen-bond acceptors (Lipinski definition) is 3. The van der Waals surface area contributed by atoms with Gasteiger partial charge in [-0.1, -0.05) is 45.3 Å². The molecule has 26 heavy (non-hydrogen) atoms. The highest BCUT2D eigenvalue weighted by atomic mass is 16.2. The third kappa shape index (κ3) is 4.00. The van der Waals surface area contributed by atoms with Crippen molar-refractivity contribution in [2.24, 2.45) is 17.6 Å². The Morgan fingerprint density at radius 3 is 2.69 bits per heavy atom. The quantitative estimate of drug-likeness (QED) is 0.819. The summed E-state index contributed by atoms with van der Waals surface area (Å²) in [6.45, 7) is 4.62. The molecule has 0 spiro atoms. The van der Waals surface area contributed by atoms with Gasteiger partial charge in [0.05, 0.1) is 0 Å². The zero-order valence-electron chi connectivity index (χ0n) is 15.8. The van der Waals surface area contributed by atoms with Gasteiger partial charge < -0.3 is 11.1 Å². The van der Waals surface area contributed by atoms with Gasteiger partial charge in [0.25, 0.3) is 5.91 Å². The smallest absolute Gasteiger partial charge is 0.273 e. The summed E-state index contributed by atoms with van der Waals surface area (Å²) in [7, 11) is 0. The summed E-state index contributed by atoms with van der Waals surface area (Å²) in [5.74, 6) is -0.247. The molecule has 6 heteroatoms. The zero-order chi connectivity index (χ0) is 18.7. The van der Waals surface area contributed by atoms with E-state index in [0.29, 0.717) is 11.6 Å². The second-order valence-electron chi connectivity index (χ2n) is 7.93. The van der Waals surface area contributed by atoms with Crippen molar-refractivity contribution in [2.75, 3.05) is 0 Å². The van der Waals surface area contributed by atoms with E-state index in [-0.39, 0.29) is 11.8 Å². The summed E-state index contributed by atoms with van der Waals surface area (Å²) in [4.78, 5) is 24.4. The number of nitrogens with two attached hydrogens (primary N) is 1. The van der Waals surface area contributed by atoms with Gasteiger partial charge in [-0.25, -0.2) is 0 Å². The number of fused-ring (bicyclic) bond motifs is 1. The average molecular weight is 358 g/mol. The van der Waals surface area contributed by atoms with Crippen LogP contribution >= 0.6 is 0 Å². The van der Waals surface area contributed by atoms with Gasteiger partial charge in [0.1, 0.15) is 6.04 Å². The molecule has 1 atom stereocenters. The Hall–Kier alpha value is -2.11. The van der Waals surface area contributed by atoms with Gasteiger partial charge in [0.15, 0.2) is 5.69 Å². The molecule has 1 heterocycles. The molecule has 142 valence electrons.